The first-order valence-electron chi connectivity index (χ1n) is 7.78. The molecule has 4 heteroatoms. The monoisotopic (exact) mass is 351 g/mol. The van der Waals surface area contributed by atoms with Gasteiger partial charge in [0.05, 0.1) is 5.56 Å². The zero-order valence-corrected chi connectivity index (χ0v) is 14.3. The van der Waals surface area contributed by atoms with Gasteiger partial charge in [0, 0.05) is 18.2 Å². The van der Waals surface area contributed by atoms with E-state index in [1.165, 1.54) is 0 Å². The van der Waals surface area contributed by atoms with Crippen LogP contribution in [0.1, 0.15) is 22.1 Å². The molecule has 3 rings (SSSR count). The van der Waals surface area contributed by atoms with Gasteiger partial charge in [-0.2, -0.15) is 4.57 Å². The fraction of sp³-hybridized carbons (Fsp3) is 0.0476. The van der Waals surface area contributed by atoms with Gasteiger partial charge >= 0.3 is 12.2 Å². The largest absolute Gasteiger partial charge is 1.00 e. The summed E-state index contributed by atoms with van der Waals surface area (Å²) in [5.41, 5.74) is 1.59. The van der Waals surface area contributed by atoms with Gasteiger partial charge in [-0.3, -0.25) is 0 Å². The third-order valence-corrected chi connectivity index (χ3v) is 3.52. The van der Waals surface area contributed by atoms with Crippen LogP contribution in [0, 0.1) is 0 Å². The van der Waals surface area contributed by atoms with E-state index in [0.717, 1.165) is 5.56 Å². The molecule has 0 aliphatic rings. The molecule has 1 unspecified atom stereocenters. The van der Waals surface area contributed by atoms with Gasteiger partial charge in [-0.1, -0.05) is 54.6 Å². The van der Waals surface area contributed by atoms with E-state index in [1.807, 2.05) is 95.8 Å². The molecule has 25 heavy (non-hydrogen) atoms. The highest BCUT2D eigenvalue weighted by Crippen LogP contribution is 2.11. The average Bonchev–Trinajstić information content (AvgIpc) is 2.67. The summed E-state index contributed by atoms with van der Waals surface area (Å²) in [6, 6.07) is 24.7. The van der Waals surface area contributed by atoms with E-state index in [4.69, 9.17) is 4.74 Å². The van der Waals surface area contributed by atoms with Crippen LogP contribution in [-0.2, 0) is 4.74 Å². The number of hydrogen-bond acceptors (Lipinski definition) is 2. The number of hydrogen-bond donors (Lipinski definition) is 0. The molecule has 0 fully saturated rings. The molecule has 126 valence electrons. The zero-order chi connectivity index (χ0) is 16.6. The van der Waals surface area contributed by atoms with Gasteiger partial charge in [0.25, 0.3) is 0 Å². The average molecular weight is 352 g/mol. The topological polar surface area (TPSA) is 30.2 Å². The second-order valence-corrected chi connectivity index (χ2v) is 5.25. The number of aromatic nitrogens is 1. The molecule has 3 aromatic rings. The molecule has 1 aromatic heterocycles. The Morgan fingerprint density at radius 3 is 2.04 bits per heavy atom. The molecule has 0 amide bonds. The van der Waals surface area contributed by atoms with Crippen molar-refractivity contribution in [1.29, 1.82) is 0 Å². The minimum atomic E-state index is -0.515. The van der Waals surface area contributed by atoms with E-state index >= 15 is 0 Å². The number of carbonyl (C=O) groups is 1. The van der Waals surface area contributed by atoms with Gasteiger partial charge < -0.3 is 17.1 Å². The number of carbonyl (C=O) groups excluding carboxylic acids is 1. The van der Waals surface area contributed by atoms with Crippen LogP contribution < -0.4 is 17.0 Å². The predicted molar refractivity (Wildman–Crippen MR) is 93.0 cm³/mol. The highest BCUT2D eigenvalue weighted by molar-refractivity contribution is 5.89. The molecular formula is C21H18ClNO2. The molecule has 0 bridgehead atoms. The Morgan fingerprint density at radius 2 is 1.40 bits per heavy atom. The van der Waals surface area contributed by atoms with Gasteiger partial charge in [0.2, 0.25) is 0 Å². The summed E-state index contributed by atoms with van der Waals surface area (Å²) < 4.78 is 7.53. The van der Waals surface area contributed by atoms with Crippen LogP contribution in [0.25, 0.3) is 6.08 Å². The number of esters is 1. The van der Waals surface area contributed by atoms with Crippen LogP contribution in [0.2, 0.25) is 0 Å². The van der Waals surface area contributed by atoms with Crippen molar-refractivity contribution < 1.29 is 26.5 Å². The molecular weight excluding hydrogens is 334 g/mol. The van der Waals surface area contributed by atoms with Crippen LogP contribution in [0.15, 0.2) is 97.3 Å². The Labute approximate surface area is 153 Å². The van der Waals surface area contributed by atoms with Crippen LogP contribution in [0.4, 0.5) is 0 Å². The first-order chi connectivity index (χ1) is 11.8. The quantitative estimate of drug-likeness (QED) is 0.508. The zero-order valence-electron chi connectivity index (χ0n) is 13.5. The molecule has 0 aliphatic carbocycles. The van der Waals surface area contributed by atoms with Gasteiger partial charge in [0.15, 0.2) is 12.4 Å². The van der Waals surface area contributed by atoms with Crippen LogP contribution in [0.3, 0.4) is 0 Å². The van der Waals surface area contributed by atoms with E-state index in [1.54, 1.807) is 12.1 Å². The third-order valence-electron chi connectivity index (χ3n) is 3.52. The summed E-state index contributed by atoms with van der Waals surface area (Å²) in [5.74, 6) is -0.352. The Balaban J connectivity index is 0.00000225. The van der Waals surface area contributed by atoms with E-state index < -0.39 is 6.23 Å². The minimum absolute atomic E-state index is 0. The fourth-order valence-corrected chi connectivity index (χ4v) is 2.29. The Kier molecular flexibility index (Phi) is 6.93. The van der Waals surface area contributed by atoms with Crippen molar-refractivity contribution in [1.82, 2.24) is 0 Å². The first kappa shape index (κ1) is 18.4. The Morgan fingerprint density at radius 1 is 0.840 bits per heavy atom. The highest BCUT2D eigenvalue weighted by atomic mass is 35.5. The maximum Gasteiger partial charge on any atom is 0.343 e. The molecule has 0 aliphatic heterocycles. The van der Waals surface area contributed by atoms with E-state index in [-0.39, 0.29) is 18.4 Å². The summed E-state index contributed by atoms with van der Waals surface area (Å²) in [4.78, 5) is 12.4. The van der Waals surface area contributed by atoms with Crippen LogP contribution >= 0.6 is 0 Å². The minimum Gasteiger partial charge on any atom is -1.00 e. The molecule has 0 saturated carbocycles. The Hall–Kier alpha value is -2.91. The predicted octanol–water partition coefficient (Wildman–Crippen LogP) is 1.05. The molecule has 0 radical (unpaired) electrons. The summed E-state index contributed by atoms with van der Waals surface area (Å²) in [6.45, 7) is 0. The van der Waals surface area contributed by atoms with Crippen molar-refractivity contribution in [3.63, 3.8) is 0 Å². The van der Waals surface area contributed by atoms with Crippen molar-refractivity contribution in [2.24, 2.45) is 0 Å². The standard InChI is InChI=1S/C21H18NO2.ClH/c23-21(19-12-6-2-7-13-19)24-20(22-16-8-3-9-17-22)15-14-18-10-4-1-5-11-18;/h1-17,20H;1H/q+1;/p-1/b15-14+;. The molecule has 0 saturated heterocycles. The second-order valence-electron chi connectivity index (χ2n) is 5.25. The molecule has 1 heterocycles. The molecule has 0 N–H and O–H groups in total. The summed E-state index contributed by atoms with van der Waals surface area (Å²) in [5, 5.41) is 0. The normalized spacial score (nSPS) is 11.5. The lowest BCUT2D eigenvalue weighted by atomic mass is 10.2. The van der Waals surface area contributed by atoms with Crippen molar-refractivity contribution in [2.45, 2.75) is 6.23 Å². The highest BCUT2D eigenvalue weighted by Gasteiger charge is 2.20. The summed E-state index contributed by atoms with van der Waals surface area (Å²) in [7, 11) is 0. The summed E-state index contributed by atoms with van der Waals surface area (Å²) >= 11 is 0. The van der Waals surface area contributed by atoms with Crippen LogP contribution in [0.5, 0.6) is 0 Å². The van der Waals surface area contributed by atoms with Gasteiger partial charge in [-0.05, 0) is 23.8 Å². The summed E-state index contributed by atoms with van der Waals surface area (Å²) in [6.07, 6.45) is 7.05. The number of rotatable bonds is 5. The van der Waals surface area contributed by atoms with Crippen molar-refractivity contribution in [3.8, 4) is 0 Å². The lowest BCUT2D eigenvalue weighted by Crippen LogP contribution is -3.00. The van der Waals surface area contributed by atoms with Gasteiger partial charge in [-0.15, -0.1) is 0 Å². The lowest BCUT2D eigenvalue weighted by Gasteiger charge is -2.10. The van der Waals surface area contributed by atoms with E-state index in [0.29, 0.717) is 5.56 Å². The third kappa shape index (κ3) is 5.30. The number of nitrogens with zero attached hydrogens (tertiary/aromatic N) is 1. The van der Waals surface area contributed by atoms with Gasteiger partial charge in [-0.25, -0.2) is 4.79 Å². The number of benzene rings is 2. The van der Waals surface area contributed by atoms with Crippen molar-refractivity contribution in [2.75, 3.05) is 0 Å². The number of ether oxygens (including phenoxy) is 1. The lowest BCUT2D eigenvalue weighted by molar-refractivity contribution is -0.744. The fourth-order valence-electron chi connectivity index (χ4n) is 2.29. The molecule has 1 atom stereocenters. The first-order valence-corrected chi connectivity index (χ1v) is 7.78. The maximum atomic E-state index is 12.4. The molecule has 3 nitrogen and oxygen atoms in total. The van der Waals surface area contributed by atoms with Gasteiger partial charge in [0.1, 0.15) is 0 Å². The molecule has 0 spiro atoms. The smallest absolute Gasteiger partial charge is 0.343 e. The second kappa shape index (κ2) is 9.40. The van der Waals surface area contributed by atoms with Crippen LogP contribution in [-0.4, -0.2) is 5.97 Å². The SMILES string of the molecule is O=C(OC(/C=C/c1ccccc1)[n+]1ccccc1)c1ccccc1.[Cl-]. The van der Waals surface area contributed by atoms with E-state index in [9.17, 15) is 4.79 Å². The maximum absolute atomic E-state index is 12.4. The van der Waals surface area contributed by atoms with Crippen molar-refractivity contribution >= 4 is 12.0 Å². The number of pyridine rings is 1. The Bertz CT molecular complexity index is 805. The van der Waals surface area contributed by atoms with E-state index in [2.05, 4.69) is 0 Å². The number of halogens is 1. The van der Waals surface area contributed by atoms with Crippen molar-refractivity contribution in [3.05, 3.63) is 108 Å². The molecule has 2 aromatic carbocycles.